The maximum Gasteiger partial charge on any atom is 0.148 e. The van der Waals surface area contributed by atoms with E-state index in [-0.39, 0.29) is 37.8 Å². The van der Waals surface area contributed by atoms with Crippen LogP contribution in [0, 0.1) is 13.0 Å². The van der Waals surface area contributed by atoms with Crippen LogP contribution in [-0.2, 0) is 31.9 Å². The number of phenols is 1. The Morgan fingerprint density at radius 3 is 1.85 bits per heavy atom. The molecule has 62 heavy (non-hydrogen) atoms. The van der Waals surface area contributed by atoms with Crippen LogP contribution in [0.3, 0.4) is 0 Å². The van der Waals surface area contributed by atoms with Crippen molar-refractivity contribution in [3.05, 3.63) is 193 Å². The molecule has 4 nitrogen and oxygen atoms in total. The minimum Gasteiger partial charge on any atom is -0.507 e. The summed E-state index contributed by atoms with van der Waals surface area (Å²) in [6, 6.07) is 54.9. The zero-order valence-corrected chi connectivity index (χ0v) is 37.0. The van der Waals surface area contributed by atoms with Crippen molar-refractivity contribution < 1.29 is 38.5 Å². The van der Waals surface area contributed by atoms with E-state index in [4.69, 9.17) is 22.3 Å². The summed E-state index contributed by atoms with van der Waals surface area (Å²) in [6.07, 6.45) is 1.79. The number of aryl methyl sites for hydroxylation is 1. The first kappa shape index (κ1) is 32.4. The molecule has 0 spiro atoms. The van der Waals surface area contributed by atoms with Crippen molar-refractivity contribution in [2.75, 3.05) is 0 Å². The minimum atomic E-state index is -3.49. The first-order valence-electron chi connectivity index (χ1n) is 24.8. The van der Waals surface area contributed by atoms with Gasteiger partial charge in [-0.15, -0.1) is 23.8 Å². The van der Waals surface area contributed by atoms with Crippen LogP contribution in [-0.4, -0.2) is 19.6 Å². The molecular weight excluding hydrogens is 938 g/mol. The van der Waals surface area contributed by atoms with E-state index in [0.717, 1.165) is 33.4 Å². The number of hydrogen-bond acceptors (Lipinski definition) is 3. The van der Waals surface area contributed by atoms with Gasteiger partial charge >= 0.3 is 0 Å². The maximum atomic E-state index is 12.1. The Hall–Kier alpha value is -6.35. The molecule has 0 saturated carbocycles. The van der Waals surface area contributed by atoms with Crippen molar-refractivity contribution in [3.63, 3.8) is 0 Å². The van der Waals surface area contributed by atoms with Crippen LogP contribution in [0.25, 0.3) is 83.9 Å². The van der Waals surface area contributed by atoms with E-state index in [9.17, 15) is 5.11 Å². The first-order chi connectivity index (χ1) is 33.1. The quantitative estimate of drug-likeness (QED) is 0.162. The van der Waals surface area contributed by atoms with Crippen LogP contribution in [0.15, 0.2) is 170 Å². The molecule has 0 unspecified atom stereocenters. The number of aromatic hydroxyl groups is 1. The molecule has 310 valence electrons. The number of phenolic OH excluding ortho intramolecular Hbond substituents is 1. The fraction of sp³-hybridized carbons (Fsp3) is 0.158. The summed E-state index contributed by atoms with van der Waals surface area (Å²) in [5.74, 6) is 0.337. The molecule has 0 saturated heterocycles. The summed E-state index contributed by atoms with van der Waals surface area (Å²) in [5, 5.41) is 12.1. The molecule has 0 bridgehead atoms. The molecule has 9 rings (SSSR count). The molecule has 9 aromatic rings. The van der Waals surface area contributed by atoms with E-state index >= 15 is 0 Å². The van der Waals surface area contributed by atoms with Gasteiger partial charge in [0, 0.05) is 50.9 Å². The number of aromatic nitrogens is 3. The predicted octanol–water partition coefficient (Wildman–Crippen LogP) is 14.8. The van der Waals surface area contributed by atoms with Gasteiger partial charge in [0.15, 0.2) is 0 Å². The molecule has 0 aliphatic heterocycles. The van der Waals surface area contributed by atoms with E-state index in [1.54, 1.807) is 36.5 Å². The fourth-order valence-corrected chi connectivity index (χ4v) is 7.98. The summed E-state index contributed by atoms with van der Waals surface area (Å²) < 4.78 is 79.1. The van der Waals surface area contributed by atoms with Crippen molar-refractivity contribution >= 4 is 11.0 Å². The molecular formula is C57H50N3OPt-. The number of imidazole rings is 1. The van der Waals surface area contributed by atoms with Gasteiger partial charge in [-0.3, -0.25) is 9.55 Å². The van der Waals surface area contributed by atoms with Gasteiger partial charge in [0.05, 0.1) is 22.3 Å². The van der Waals surface area contributed by atoms with E-state index in [0.29, 0.717) is 61.6 Å². The van der Waals surface area contributed by atoms with Crippen LogP contribution in [0.1, 0.15) is 70.4 Å². The number of rotatable bonds is 7. The van der Waals surface area contributed by atoms with E-state index in [1.807, 2.05) is 102 Å². The van der Waals surface area contributed by atoms with E-state index in [1.165, 1.54) is 12.1 Å². The zero-order chi connectivity index (χ0) is 50.0. The normalized spacial score (nSPS) is 14.5. The average molecular weight is 997 g/mol. The first-order valence-corrected chi connectivity index (χ1v) is 20.3. The largest absolute Gasteiger partial charge is 0.507 e. The SMILES string of the molecule is [2H]C([2H])([2H])C(c1ccc(-n2c(-c3cc(C(C)(C)C)cc(C)c3O)nc3c(-c4[c-]c(-c5cc(-c6ccccc6)ccn5)cc(-c5ccccc5)c4)cccc32)c(-c2ccccc2)c1)(C([2H])([2H])[2H])C([2H])([2H])[2H].[Pt]. The molecule has 0 aliphatic rings. The minimum absolute atomic E-state index is 0. The Morgan fingerprint density at radius 1 is 0.565 bits per heavy atom. The Kier molecular flexibility index (Phi) is 8.79. The summed E-state index contributed by atoms with van der Waals surface area (Å²) in [7, 11) is 0. The predicted molar refractivity (Wildman–Crippen MR) is 254 cm³/mol. The van der Waals surface area contributed by atoms with Gasteiger partial charge in [-0.1, -0.05) is 179 Å². The molecule has 2 aromatic heterocycles. The van der Waals surface area contributed by atoms with Crippen LogP contribution in [0.2, 0.25) is 0 Å². The van der Waals surface area contributed by atoms with Crippen LogP contribution in [0.4, 0.5) is 0 Å². The third kappa shape index (κ3) is 8.20. The topological polar surface area (TPSA) is 50.9 Å². The Labute approximate surface area is 392 Å². The third-order valence-corrected chi connectivity index (χ3v) is 11.3. The zero-order valence-electron chi connectivity index (χ0n) is 43.8. The number of benzene rings is 7. The van der Waals surface area contributed by atoms with Crippen molar-refractivity contribution in [3.8, 4) is 78.6 Å². The number of hydrogen-bond donors (Lipinski definition) is 1. The molecule has 5 heteroatoms. The monoisotopic (exact) mass is 996 g/mol. The Balaban J connectivity index is 0.00000676. The van der Waals surface area contributed by atoms with Crippen LogP contribution < -0.4 is 0 Å². The fourth-order valence-electron chi connectivity index (χ4n) is 7.98. The summed E-state index contributed by atoms with van der Waals surface area (Å²) in [4.78, 5) is 10.3. The molecule has 2 heterocycles. The van der Waals surface area contributed by atoms with E-state index < -0.39 is 26.0 Å². The summed E-state index contributed by atoms with van der Waals surface area (Å²) in [6.45, 7) is -2.37. The second-order valence-electron chi connectivity index (χ2n) is 16.6. The van der Waals surface area contributed by atoms with Crippen molar-refractivity contribution in [2.45, 2.75) is 59.1 Å². The van der Waals surface area contributed by atoms with Crippen LogP contribution >= 0.6 is 0 Å². The second kappa shape index (κ2) is 16.8. The van der Waals surface area contributed by atoms with Crippen molar-refractivity contribution in [2.24, 2.45) is 0 Å². The molecule has 1 N–H and O–H groups in total. The molecule has 0 amide bonds. The molecule has 0 radical (unpaired) electrons. The summed E-state index contributed by atoms with van der Waals surface area (Å²) >= 11 is 0. The summed E-state index contributed by atoms with van der Waals surface area (Å²) in [5.41, 5.74) is 7.29. The van der Waals surface area contributed by atoms with Crippen LogP contribution in [0.5, 0.6) is 5.75 Å². The third-order valence-electron chi connectivity index (χ3n) is 11.3. The van der Waals surface area contributed by atoms with Gasteiger partial charge in [-0.05, 0) is 87.0 Å². The van der Waals surface area contributed by atoms with Gasteiger partial charge in [-0.2, -0.15) is 0 Å². The molecule has 0 fully saturated rings. The van der Waals surface area contributed by atoms with E-state index in [2.05, 4.69) is 57.2 Å². The van der Waals surface area contributed by atoms with Gasteiger partial charge in [0.2, 0.25) is 0 Å². The standard InChI is InChI=1S/C57H50N3O.Pt/c1-37-30-46(57(5,6)7)36-49(54(37)61)55-59-53-47(24-17-25-52(53)60(55)51-27-26-45(56(2,3)4)35-48(51)40-22-15-10-16-23-40)43-31-42(39-20-13-9-14-21-39)32-44(33-43)50-34-41(28-29-58-50)38-18-11-8-12-19-38;/h8-32,34-36,61H,1-7H3;/q-1;/i2D3,3D3,4D3;. The number of pyridine rings is 1. The molecule has 7 aromatic carbocycles. The number of fused-ring (bicyclic) bond motifs is 1. The number of nitrogens with zero attached hydrogens (tertiary/aromatic N) is 3. The maximum absolute atomic E-state index is 12.1. The van der Waals surface area contributed by atoms with Gasteiger partial charge < -0.3 is 5.11 Å². The van der Waals surface area contributed by atoms with Crippen molar-refractivity contribution in [1.29, 1.82) is 0 Å². The smallest absolute Gasteiger partial charge is 0.148 e. The van der Waals surface area contributed by atoms with Gasteiger partial charge in [0.1, 0.15) is 11.6 Å². The van der Waals surface area contributed by atoms with Crippen molar-refractivity contribution in [1.82, 2.24) is 14.5 Å². The Morgan fingerprint density at radius 2 is 1.19 bits per heavy atom. The molecule has 0 atom stereocenters. The van der Waals surface area contributed by atoms with Gasteiger partial charge in [0.25, 0.3) is 0 Å². The molecule has 0 aliphatic carbocycles. The van der Waals surface area contributed by atoms with Gasteiger partial charge in [-0.25, -0.2) is 4.98 Å². The Bertz CT molecular complexity index is 3360. The second-order valence-corrected chi connectivity index (χ2v) is 16.6. The average Bonchev–Trinajstić information content (AvgIpc) is 3.71. The number of para-hydroxylation sites is 1.